The number of alkyl halides is 1. The van der Waals surface area contributed by atoms with E-state index in [1.165, 1.54) is 11.3 Å². The van der Waals surface area contributed by atoms with Crippen LogP contribution in [0.5, 0.6) is 0 Å². The predicted molar refractivity (Wildman–Crippen MR) is 79.0 cm³/mol. The molecule has 0 aromatic carbocycles. The van der Waals surface area contributed by atoms with Crippen molar-refractivity contribution in [2.24, 2.45) is 0 Å². The van der Waals surface area contributed by atoms with Crippen LogP contribution >= 0.6 is 27.3 Å². The van der Waals surface area contributed by atoms with Gasteiger partial charge in [-0.25, -0.2) is 8.42 Å². The molecule has 0 spiro atoms. The molecule has 0 bridgehead atoms. The first-order valence-electron chi connectivity index (χ1n) is 6.20. The van der Waals surface area contributed by atoms with Gasteiger partial charge in [0.2, 0.25) is 0 Å². The Labute approximate surface area is 121 Å². The summed E-state index contributed by atoms with van der Waals surface area (Å²) in [6.45, 7) is 2.50. The van der Waals surface area contributed by atoms with Crippen molar-refractivity contribution in [3.05, 3.63) is 17.0 Å². The number of halogens is 1. The predicted octanol–water partition coefficient (Wildman–Crippen LogP) is 3.38. The fraction of sp³-hybridized carbons (Fsp3) is 0.667. The molecule has 0 aliphatic heterocycles. The lowest BCUT2D eigenvalue weighted by molar-refractivity contribution is 0.339. The van der Waals surface area contributed by atoms with Crippen LogP contribution in [-0.2, 0) is 10.0 Å². The first-order chi connectivity index (χ1) is 8.55. The zero-order chi connectivity index (χ0) is 13.2. The van der Waals surface area contributed by atoms with Crippen molar-refractivity contribution in [1.29, 1.82) is 0 Å². The fourth-order valence-electron chi connectivity index (χ4n) is 2.44. The molecule has 1 aliphatic carbocycles. The van der Waals surface area contributed by atoms with Crippen molar-refractivity contribution in [2.75, 3.05) is 11.9 Å². The minimum Gasteiger partial charge on any atom is -0.206 e. The molecule has 3 nitrogen and oxygen atoms in total. The summed E-state index contributed by atoms with van der Waals surface area (Å²) in [5, 5.41) is 0.688. The van der Waals surface area contributed by atoms with Gasteiger partial charge in [0.15, 0.2) is 0 Å². The summed E-state index contributed by atoms with van der Waals surface area (Å²) < 4.78 is 27.5. The second-order valence-electron chi connectivity index (χ2n) is 4.61. The van der Waals surface area contributed by atoms with Gasteiger partial charge in [-0.15, -0.1) is 11.3 Å². The van der Waals surface area contributed by atoms with E-state index in [4.69, 9.17) is 0 Å². The van der Waals surface area contributed by atoms with Crippen LogP contribution in [0.2, 0.25) is 0 Å². The largest absolute Gasteiger partial charge is 0.252 e. The van der Waals surface area contributed by atoms with E-state index in [0.29, 0.717) is 16.1 Å². The minimum atomic E-state index is -3.30. The summed E-state index contributed by atoms with van der Waals surface area (Å²) in [7, 11) is -3.30. The van der Waals surface area contributed by atoms with E-state index in [1.807, 2.05) is 13.0 Å². The Hall–Kier alpha value is 0.0900. The van der Waals surface area contributed by atoms with Crippen molar-refractivity contribution in [3.63, 3.8) is 0 Å². The lowest BCUT2D eigenvalue weighted by atomic mass is 10.2. The van der Waals surface area contributed by atoms with Gasteiger partial charge in [0.25, 0.3) is 10.0 Å². The molecule has 0 saturated heterocycles. The van der Waals surface area contributed by atoms with Crippen LogP contribution in [0.3, 0.4) is 0 Å². The zero-order valence-corrected chi connectivity index (χ0v) is 13.7. The van der Waals surface area contributed by atoms with Gasteiger partial charge < -0.3 is 0 Å². The highest BCUT2D eigenvalue weighted by atomic mass is 79.9. The molecule has 0 atom stereocenters. The fourth-order valence-corrected chi connectivity index (χ4v) is 6.16. The molecule has 0 amide bonds. The molecule has 6 heteroatoms. The first kappa shape index (κ1) is 14.5. The lowest BCUT2D eigenvalue weighted by Gasteiger charge is -2.26. The number of sulfonamides is 1. The number of aryl methyl sites for hydroxylation is 1. The standard InChI is InChI=1S/C12H18BrNO2S2/c1-10-6-7-12(17-10)18(15,16)14(9-8-13)11-4-2-3-5-11/h6-7,11H,2-5,8-9H2,1H3. The van der Waals surface area contributed by atoms with E-state index in [2.05, 4.69) is 15.9 Å². The molecule has 0 N–H and O–H groups in total. The Bertz CT molecular complexity index is 492. The average Bonchev–Trinajstić information content (AvgIpc) is 2.96. The van der Waals surface area contributed by atoms with E-state index >= 15 is 0 Å². The summed E-state index contributed by atoms with van der Waals surface area (Å²) in [6.07, 6.45) is 4.28. The molecule has 1 heterocycles. The quantitative estimate of drug-likeness (QED) is 0.762. The van der Waals surface area contributed by atoms with Gasteiger partial charge in [-0.05, 0) is 31.9 Å². The Morgan fingerprint density at radius 3 is 2.56 bits per heavy atom. The number of hydrogen-bond acceptors (Lipinski definition) is 3. The van der Waals surface area contributed by atoms with Crippen molar-refractivity contribution >= 4 is 37.3 Å². The van der Waals surface area contributed by atoms with Crippen molar-refractivity contribution < 1.29 is 8.42 Å². The zero-order valence-electron chi connectivity index (χ0n) is 10.4. The average molecular weight is 352 g/mol. The summed E-state index contributed by atoms with van der Waals surface area (Å²) in [5.74, 6) is 0. The van der Waals surface area contributed by atoms with Gasteiger partial charge in [0, 0.05) is 22.8 Å². The van der Waals surface area contributed by atoms with Gasteiger partial charge in [-0.2, -0.15) is 4.31 Å². The van der Waals surface area contributed by atoms with Crippen molar-refractivity contribution in [2.45, 2.75) is 42.9 Å². The monoisotopic (exact) mass is 351 g/mol. The third-order valence-corrected chi connectivity index (χ3v) is 7.09. The Balaban J connectivity index is 2.28. The summed E-state index contributed by atoms with van der Waals surface area (Å²) in [4.78, 5) is 1.04. The SMILES string of the molecule is Cc1ccc(S(=O)(=O)N(CCBr)C2CCCC2)s1. The van der Waals surface area contributed by atoms with Crippen LogP contribution in [-0.4, -0.2) is 30.6 Å². The molecule has 18 heavy (non-hydrogen) atoms. The molecule has 1 aliphatic rings. The van der Waals surface area contributed by atoms with E-state index in [-0.39, 0.29) is 6.04 Å². The summed E-state index contributed by atoms with van der Waals surface area (Å²) >= 11 is 4.73. The first-order valence-corrected chi connectivity index (χ1v) is 9.58. The highest BCUT2D eigenvalue weighted by Crippen LogP contribution is 2.31. The molecule has 0 unspecified atom stereocenters. The second kappa shape index (κ2) is 6.03. The minimum absolute atomic E-state index is 0.190. The third-order valence-electron chi connectivity index (χ3n) is 3.32. The molecule has 2 rings (SSSR count). The van der Waals surface area contributed by atoms with E-state index < -0.39 is 10.0 Å². The lowest BCUT2D eigenvalue weighted by Crippen LogP contribution is -2.39. The van der Waals surface area contributed by atoms with Gasteiger partial charge in [0.05, 0.1) is 0 Å². The van der Waals surface area contributed by atoms with Crippen LogP contribution < -0.4 is 0 Å². The molecule has 1 aromatic heterocycles. The van der Waals surface area contributed by atoms with Crippen LogP contribution in [0, 0.1) is 6.92 Å². The number of nitrogens with zero attached hydrogens (tertiary/aromatic N) is 1. The normalized spacial score (nSPS) is 17.7. The number of thiophene rings is 1. The van der Waals surface area contributed by atoms with Crippen molar-refractivity contribution in [3.8, 4) is 0 Å². The van der Waals surface area contributed by atoms with E-state index in [0.717, 1.165) is 30.6 Å². The summed E-state index contributed by atoms with van der Waals surface area (Å²) in [5.41, 5.74) is 0. The van der Waals surface area contributed by atoms with Crippen LogP contribution in [0.4, 0.5) is 0 Å². The van der Waals surface area contributed by atoms with E-state index in [1.54, 1.807) is 10.4 Å². The van der Waals surface area contributed by atoms with Crippen LogP contribution in [0.25, 0.3) is 0 Å². The maximum Gasteiger partial charge on any atom is 0.252 e. The number of hydrogen-bond donors (Lipinski definition) is 0. The Kier molecular flexibility index (Phi) is 4.86. The second-order valence-corrected chi connectivity index (χ2v) is 8.81. The molecule has 102 valence electrons. The van der Waals surface area contributed by atoms with Gasteiger partial charge in [-0.3, -0.25) is 0 Å². The maximum atomic E-state index is 12.6. The van der Waals surface area contributed by atoms with Crippen LogP contribution in [0.1, 0.15) is 30.6 Å². The molecule has 1 saturated carbocycles. The Morgan fingerprint density at radius 1 is 1.39 bits per heavy atom. The smallest absolute Gasteiger partial charge is 0.206 e. The van der Waals surface area contributed by atoms with Crippen molar-refractivity contribution in [1.82, 2.24) is 4.31 Å². The van der Waals surface area contributed by atoms with Gasteiger partial charge in [0.1, 0.15) is 4.21 Å². The maximum absolute atomic E-state index is 12.6. The molecule has 1 fully saturated rings. The third kappa shape index (κ3) is 2.98. The molecule has 0 radical (unpaired) electrons. The molecular formula is C12H18BrNO2S2. The van der Waals surface area contributed by atoms with Crippen LogP contribution in [0.15, 0.2) is 16.3 Å². The highest BCUT2D eigenvalue weighted by Gasteiger charge is 2.33. The molecular weight excluding hydrogens is 334 g/mol. The molecule has 1 aromatic rings. The summed E-state index contributed by atoms with van der Waals surface area (Å²) in [6, 6.07) is 3.79. The highest BCUT2D eigenvalue weighted by molar-refractivity contribution is 9.09. The van der Waals surface area contributed by atoms with Gasteiger partial charge in [-0.1, -0.05) is 28.8 Å². The van der Waals surface area contributed by atoms with E-state index in [9.17, 15) is 8.42 Å². The number of rotatable bonds is 5. The van der Waals surface area contributed by atoms with Gasteiger partial charge >= 0.3 is 0 Å². The Morgan fingerprint density at radius 2 is 2.06 bits per heavy atom. The topological polar surface area (TPSA) is 37.4 Å².